The molecule has 2 aromatic rings. The molecule has 2 aliphatic heterocycles. The Balaban J connectivity index is 1.26. The van der Waals surface area contributed by atoms with Crippen LogP contribution in [0.4, 0.5) is 5.69 Å². The topological polar surface area (TPSA) is 94.0 Å². The van der Waals surface area contributed by atoms with Crippen LogP contribution < -0.4 is 10.6 Å². The average molecular weight is 447 g/mol. The molecule has 7 heteroatoms. The molecule has 172 valence electrons. The molecule has 0 unspecified atom stereocenters. The first kappa shape index (κ1) is 21.5. The molecule has 0 aromatic heterocycles. The molecule has 1 saturated heterocycles. The van der Waals surface area contributed by atoms with E-state index in [1.165, 1.54) is 5.56 Å². The standard InChI is InChI=1S/C26H30N4O3/c31-24(14-17-5-3-6-18(13-17)29-26-27-10-4-11-28-26)30-12-9-21-22(15-25(32)33)19-7-1-2-8-20(19)23(21)16-30/h1-3,5-8,13,21-23H,4,9-12,14-16H2,(H,32,33)(H2,27,28,29)/t21-,22+,23+/m1/s1. The lowest BCUT2D eigenvalue weighted by Crippen LogP contribution is -2.43. The Morgan fingerprint density at radius 1 is 1.15 bits per heavy atom. The van der Waals surface area contributed by atoms with Gasteiger partial charge >= 0.3 is 5.97 Å². The van der Waals surface area contributed by atoms with E-state index in [2.05, 4.69) is 27.8 Å². The SMILES string of the molecule is O=C(O)C[C@H]1c2ccccc2[C@@H]2CN(C(=O)Cc3cccc(NC4=NCCCN4)c3)CC[C@H]12. The molecule has 0 bridgehead atoms. The fraction of sp³-hybridized carbons (Fsp3) is 0.423. The summed E-state index contributed by atoms with van der Waals surface area (Å²) in [7, 11) is 0. The van der Waals surface area contributed by atoms with Crippen LogP contribution in [0.3, 0.4) is 0 Å². The molecule has 1 fully saturated rings. The number of benzene rings is 2. The van der Waals surface area contributed by atoms with Crippen molar-refractivity contribution in [2.75, 3.05) is 31.5 Å². The Morgan fingerprint density at radius 3 is 2.79 bits per heavy atom. The van der Waals surface area contributed by atoms with E-state index in [1.807, 2.05) is 41.3 Å². The van der Waals surface area contributed by atoms with E-state index in [4.69, 9.17) is 0 Å². The van der Waals surface area contributed by atoms with Gasteiger partial charge in [0.2, 0.25) is 5.91 Å². The average Bonchev–Trinajstić information content (AvgIpc) is 3.12. The van der Waals surface area contributed by atoms with Crippen LogP contribution in [-0.4, -0.2) is 54.0 Å². The van der Waals surface area contributed by atoms with Crippen LogP contribution in [0.2, 0.25) is 0 Å². The van der Waals surface area contributed by atoms with Gasteiger partial charge in [0.1, 0.15) is 0 Å². The Bertz CT molecular complexity index is 1080. The molecule has 5 rings (SSSR count). The first-order valence-electron chi connectivity index (χ1n) is 11.8. The van der Waals surface area contributed by atoms with Gasteiger partial charge in [0.25, 0.3) is 0 Å². The highest BCUT2D eigenvalue weighted by atomic mass is 16.4. The van der Waals surface area contributed by atoms with Crippen LogP contribution in [-0.2, 0) is 16.0 Å². The lowest BCUT2D eigenvalue weighted by Gasteiger charge is -2.37. The molecular weight excluding hydrogens is 416 g/mol. The van der Waals surface area contributed by atoms with Gasteiger partial charge in [-0.3, -0.25) is 14.6 Å². The molecule has 1 aliphatic carbocycles. The number of hydrogen-bond acceptors (Lipinski definition) is 5. The first-order chi connectivity index (χ1) is 16.1. The van der Waals surface area contributed by atoms with E-state index in [0.717, 1.165) is 48.7 Å². The van der Waals surface area contributed by atoms with Crippen molar-refractivity contribution in [2.45, 2.75) is 37.5 Å². The third kappa shape index (κ3) is 4.58. The zero-order valence-corrected chi connectivity index (χ0v) is 18.7. The van der Waals surface area contributed by atoms with Crippen molar-refractivity contribution in [1.29, 1.82) is 0 Å². The summed E-state index contributed by atoms with van der Waals surface area (Å²) in [6.07, 6.45) is 2.40. The van der Waals surface area contributed by atoms with E-state index in [9.17, 15) is 14.7 Å². The van der Waals surface area contributed by atoms with Gasteiger partial charge in [-0.15, -0.1) is 0 Å². The van der Waals surface area contributed by atoms with Gasteiger partial charge in [0.05, 0.1) is 12.8 Å². The predicted octanol–water partition coefficient (Wildman–Crippen LogP) is 3.19. The minimum absolute atomic E-state index is 0.0417. The zero-order valence-electron chi connectivity index (χ0n) is 18.7. The molecule has 7 nitrogen and oxygen atoms in total. The minimum atomic E-state index is -0.753. The number of piperidine rings is 1. The summed E-state index contributed by atoms with van der Waals surface area (Å²) >= 11 is 0. The predicted molar refractivity (Wildman–Crippen MR) is 128 cm³/mol. The molecule has 3 atom stereocenters. The van der Waals surface area contributed by atoms with Crippen LogP contribution in [0.5, 0.6) is 0 Å². The second kappa shape index (κ2) is 9.25. The van der Waals surface area contributed by atoms with Gasteiger partial charge in [0, 0.05) is 37.8 Å². The zero-order chi connectivity index (χ0) is 22.8. The second-order valence-electron chi connectivity index (χ2n) is 9.24. The third-order valence-corrected chi connectivity index (χ3v) is 7.17. The number of carboxylic acids is 1. The van der Waals surface area contributed by atoms with Crippen molar-refractivity contribution < 1.29 is 14.7 Å². The quantitative estimate of drug-likeness (QED) is 0.656. The van der Waals surface area contributed by atoms with Gasteiger partial charge in [-0.05, 0) is 53.5 Å². The summed E-state index contributed by atoms with van der Waals surface area (Å²) < 4.78 is 0. The van der Waals surface area contributed by atoms with Crippen LogP contribution >= 0.6 is 0 Å². The molecule has 0 saturated carbocycles. The largest absolute Gasteiger partial charge is 0.481 e. The maximum Gasteiger partial charge on any atom is 0.303 e. The number of carboxylic acid groups (broad SMARTS) is 1. The Labute approximate surface area is 193 Å². The highest BCUT2D eigenvalue weighted by Crippen LogP contribution is 2.51. The molecule has 33 heavy (non-hydrogen) atoms. The van der Waals surface area contributed by atoms with Crippen molar-refractivity contribution in [3.05, 3.63) is 65.2 Å². The van der Waals surface area contributed by atoms with Gasteiger partial charge in [0.15, 0.2) is 5.96 Å². The fourth-order valence-electron chi connectivity index (χ4n) is 5.67. The lowest BCUT2D eigenvalue weighted by molar-refractivity contribution is -0.138. The number of guanidine groups is 1. The Hall–Kier alpha value is -3.35. The number of nitrogens with one attached hydrogen (secondary N) is 2. The summed E-state index contributed by atoms with van der Waals surface area (Å²) in [6.45, 7) is 3.08. The lowest BCUT2D eigenvalue weighted by atomic mass is 9.80. The molecular formula is C26H30N4O3. The molecule has 0 radical (unpaired) electrons. The number of fused-ring (bicyclic) bond motifs is 3. The number of carbonyl (C=O) groups is 2. The molecule has 3 aliphatic rings. The number of hydrogen-bond donors (Lipinski definition) is 3. The first-order valence-corrected chi connectivity index (χ1v) is 11.8. The van der Waals surface area contributed by atoms with E-state index < -0.39 is 5.97 Å². The Morgan fingerprint density at radius 2 is 2.00 bits per heavy atom. The van der Waals surface area contributed by atoms with Crippen LogP contribution in [0.1, 0.15) is 47.8 Å². The van der Waals surface area contributed by atoms with E-state index >= 15 is 0 Å². The number of nitrogens with zero attached hydrogens (tertiary/aromatic N) is 2. The number of amides is 1. The van der Waals surface area contributed by atoms with Crippen molar-refractivity contribution in [3.8, 4) is 0 Å². The summed E-state index contributed by atoms with van der Waals surface area (Å²) in [6, 6.07) is 16.1. The monoisotopic (exact) mass is 446 g/mol. The van der Waals surface area contributed by atoms with Crippen molar-refractivity contribution in [1.82, 2.24) is 10.2 Å². The van der Waals surface area contributed by atoms with E-state index in [1.54, 1.807) is 0 Å². The van der Waals surface area contributed by atoms with Gasteiger partial charge < -0.3 is 20.6 Å². The number of aliphatic imine (C=N–C) groups is 1. The molecule has 2 aromatic carbocycles. The normalized spacial score (nSPS) is 23.7. The van der Waals surface area contributed by atoms with Gasteiger partial charge in [-0.2, -0.15) is 0 Å². The fourth-order valence-corrected chi connectivity index (χ4v) is 5.67. The summed E-state index contributed by atoms with van der Waals surface area (Å²) in [5, 5.41) is 16.0. The summed E-state index contributed by atoms with van der Waals surface area (Å²) in [5.41, 5.74) is 4.27. The van der Waals surface area contributed by atoms with Crippen molar-refractivity contribution in [3.63, 3.8) is 0 Å². The molecule has 2 heterocycles. The highest BCUT2D eigenvalue weighted by Gasteiger charge is 2.44. The summed E-state index contributed by atoms with van der Waals surface area (Å²) in [4.78, 5) is 31.1. The van der Waals surface area contributed by atoms with E-state index in [0.29, 0.717) is 25.4 Å². The Kier molecular flexibility index (Phi) is 6.03. The summed E-state index contributed by atoms with van der Waals surface area (Å²) in [5.74, 6) is 0.697. The van der Waals surface area contributed by atoms with Crippen LogP contribution in [0.25, 0.3) is 0 Å². The van der Waals surface area contributed by atoms with Crippen molar-refractivity contribution >= 4 is 23.5 Å². The molecule has 3 N–H and O–H groups in total. The third-order valence-electron chi connectivity index (χ3n) is 7.17. The van der Waals surface area contributed by atoms with Gasteiger partial charge in [-0.1, -0.05) is 36.4 Å². The van der Waals surface area contributed by atoms with Crippen molar-refractivity contribution in [2.24, 2.45) is 10.9 Å². The van der Waals surface area contributed by atoms with Gasteiger partial charge in [-0.25, -0.2) is 0 Å². The van der Waals surface area contributed by atoms with Crippen LogP contribution in [0, 0.1) is 5.92 Å². The maximum atomic E-state index is 13.2. The second-order valence-corrected chi connectivity index (χ2v) is 9.24. The number of likely N-dealkylation sites (tertiary alicyclic amines) is 1. The minimum Gasteiger partial charge on any atom is -0.481 e. The number of aliphatic carboxylic acids is 1. The maximum absolute atomic E-state index is 13.2. The number of carbonyl (C=O) groups excluding carboxylic acids is 1. The smallest absolute Gasteiger partial charge is 0.303 e. The number of anilines is 1. The van der Waals surface area contributed by atoms with E-state index in [-0.39, 0.29) is 24.2 Å². The highest BCUT2D eigenvalue weighted by molar-refractivity contribution is 5.94. The molecule has 0 spiro atoms. The number of rotatable bonds is 5. The molecule has 1 amide bonds. The van der Waals surface area contributed by atoms with Crippen LogP contribution in [0.15, 0.2) is 53.5 Å².